The molecule has 21 heavy (non-hydrogen) atoms. The molecule has 0 radical (unpaired) electrons. The van der Waals surface area contributed by atoms with Crippen molar-refractivity contribution in [2.75, 3.05) is 5.32 Å². The lowest BCUT2D eigenvalue weighted by molar-refractivity contribution is -0.141. The van der Waals surface area contributed by atoms with Gasteiger partial charge in [-0.3, -0.25) is 0 Å². The van der Waals surface area contributed by atoms with Crippen LogP contribution in [0.25, 0.3) is 0 Å². The zero-order valence-electron chi connectivity index (χ0n) is 11.4. The van der Waals surface area contributed by atoms with E-state index in [2.05, 4.69) is 21.2 Å². The average molecular weight is 352 g/mol. The van der Waals surface area contributed by atoms with Crippen LogP contribution < -0.4 is 5.32 Å². The van der Waals surface area contributed by atoms with Crippen molar-refractivity contribution in [1.29, 1.82) is 0 Å². The monoisotopic (exact) mass is 351 g/mol. The summed E-state index contributed by atoms with van der Waals surface area (Å²) in [5, 5.41) is 12.4. The number of anilines is 1. The predicted molar refractivity (Wildman–Crippen MR) is 83.9 cm³/mol. The maximum atomic E-state index is 13.2. The van der Waals surface area contributed by atoms with E-state index < -0.39 is 17.3 Å². The number of benzene rings is 2. The molecule has 0 aliphatic rings. The predicted octanol–water partition coefficient (Wildman–Crippen LogP) is 4.09. The summed E-state index contributed by atoms with van der Waals surface area (Å²) < 4.78 is 14.2. The summed E-state index contributed by atoms with van der Waals surface area (Å²) in [5.74, 6) is -1.40. The summed E-state index contributed by atoms with van der Waals surface area (Å²) in [6.45, 7) is 1.59. The van der Waals surface area contributed by atoms with Gasteiger partial charge in [0.15, 0.2) is 0 Å². The molecule has 2 rings (SSSR count). The molecule has 1 atom stereocenters. The SMILES string of the molecule is CC(Cc1ccc(Br)cc1)(Nc1cccc(F)c1)C(=O)O. The van der Waals surface area contributed by atoms with Crippen molar-refractivity contribution in [2.45, 2.75) is 18.9 Å². The number of halogens is 2. The molecular weight excluding hydrogens is 337 g/mol. The minimum Gasteiger partial charge on any atom is -0.480 e. The summed E-state index contributed by atoms with van der Waals surface area (Å²) >= 11 is 3.34. The van der Waals surface area contributed by atoms with Gasteiger partial charge in [-0.25, -0.2) is 9.18 Å². The molecule has 0 aromatic heterocycles. The number of rotatable bonds is 5. The molecule has 0 bridgehead atoms. The molecule has 3 nitrogen and oxygen atoms in total. The number of carboxylic acid groups (broad SMARTS) is 1. The quantitative estimate of drug-likeness (QED) is 0.852. The molecular formula is C16H15BrFNO2. The van der Waals surface area contributed by atoms with Crippen LogP contribution in [0.15, 0.2) is 53.0 Å². The van der Waals surface area contributed by atoms with Crippen LogP contribution in [-0.4, -0.2) is 16.6 Å². The van der Waals surface area contributed by atoms with Crippen molar-refractivity contribution in [1.82, 2.24) is 0 Å². The lowest BCUT2D eigenvalue weighted by atomic mass is 9.92. The second-order valence-corrected chi connectivity index (χ2v) is 5.99. The molecule has 2 aromatic carbocycles. The van der Waals surface area contributed by atoms with Crippen LogP contribution >= 0.6 is 15.9 Å². The van der Waals surface area contributed by atoms with Crippen molar-refractivity contribution in [3.05, 3.63) is 64.4 Å². The first-order valence-corrected chi connectivity index (χ1v) is 7.20. The van der Waals surface area contributed by atoms with E-state index in [4.69, 9.17) is 0 Å². The number of aliphatic carboxylic acids is 1. The van der Waals surface area contributed by atoms with Crippen molar-refractivity contribution >= 4 is 27.6 Å². The maximum absolute atomic E-state index is 13.2. The van der Waals surface area contributed by atoms with Gasteiger partial charge in [0.2, 0.25) is 0 Å². The molecule has 0 spiro atoms. The fraction of sp³-hybridized carbons (Fsp3) is 0.188. The molecule has 2 aromatic rings. The molecule has 0 aliphatic carbocycles. The van der Waals surface area contributed by atoms with Gasteiger partial charge < -0.3 is 10.4 Å². The molecule has 110 valence electrons. The number of carbonyl (C=O) groups is 1. The van der Waals surface area contributed by atoms with Gasteiger partial charge in [-0.15, -0.1) is 0 Å². The van der Waals surface area contributed by atoms with Crippen LogP contribution in [0.4, 0.5) is 10.1 Å². The van der Waals surface area contributed by atoms with Crippen LogP contribution in [0.1, 0.15) is 12.5 Å². The van der Waals surface area contributed by atoms with Crippen LogP contribution in [-0.2, 0) is 11.2 Å². The van der Waals surface area contributed by atoms with E-state index >= 15 is 0 Å². The highest BCUT2D eigenvalue weighted by molar-refractivity contribution is 9.10. The summed E-state index contributed by atoms with van der Waals surface area (Å²) in [5.41, 5.74) is 0.103. The third kappa shape index (κ3) is 4.04. The zero-order valence-corrected chi connectivity index (χ0v) is 13.0. The molecule has 0 amide bonds. The van der Waals surface area contributed by atoms with Crippen LogP contribution in [0, 0.1) is 5.82 Å². The Morgan fingerprint density at radius 2 is 1.95 bits per heavy atom. The normalized spacial score (nSPS) is 13.5. The minimum atomic E-state index is -1.22. The summed E-state index contributed by atoms with van der Waals surface area (Å²) in [6.07, 6.45) is 0.284. The zero-order chi connectivity index (χ0) is 15.5. The first-order chi connectivity index (χ1) is 9.89. The Morgan fingerprint density at radius 1 is 1.29 bits per heavy atom. The molecule has 2 N–H and O–H groups in total. The largest absolute Gasteiger partial charge is 0.480 e. The van der Waals surface area contributed by atoms with E-state index in [1.165, 1.54) is 12.1 Å². The highest BCUT2D eigenvalue weighted by Gasteiger charge is 2.33. The van der Waals surface area contributed by atoms with Crippen LogP contribution in [0.2, 0.25) is 0 Å². The van der Waals surface area contributed by atoms with Gasteiger partial charge in [0.1, 0.15) is 11.4 Å². The molecule has 0 heterocycles. The highest BCUT2D eigenvalue weighted by atomic mass is 79.9. The Morgan fingerprint density at radius 3 is 2.52 bits per heavy atom. The molecule has 5 heteroatoms. The number of carboxylic acids is 1. The average Bonchev–Trinajstić information content (AvgIpc) is 2.41. The van der Waals surface area contributed by atoms with Crippen LogP contribution in [0.3, 0.4) is 0 Å². The van der Waals surface area contributed by atoms with Crippen molar-refractivity contribution in [2.24, 2.45) is 0 Å². The van der Waals surface area contributed by atoms with Gasteiger partial charge in [-0.05, 0) is 42.8 Å². The van der Waals surface area contributed by atoms with Crippen molar-refractivity contribution in [3.63, 3.8) is 0 Å². The van der Waals surface area contributed by atoms with Gasteiger partial charge in [0.25, 0.3) is 0 Å². The summed E-state index contributed by atoms with van der Waals surface area (Å²) in [7, 11) is 0. The fourth-order valence-corrected chi connectivity index (χ4v) is 2.33. The van der Waals surface area contributed by atoms with E-state index in [0.29, 0.717) is 5.69 Å². The third-order valence-corrected chi connectivity index (χ3v) is 3.72. The first-order valence-electron chi connectivity index (χ1n) is 6.41. The Kier molecular flexibility index (Phi) is 4.63. The van der Waals surface area contributed by atoms with Gasteiger partial charge in [0, 0.05) is 16.6 Å². The molecule has 0 fully saturated rings. The Hall–Kier alpha value is -1.88. The molecule has 0 saturated heterocycles. The second-order valence-electron chi connectivity index (χ2n) is 5.08. The van der Waals surface area contributed by atoms with Crippen molar-refractivity contribution < 1.29 is 14.3 Å². The highest BCUT2D eigenvalue weighted by Crippen LogP contribution is 2.22. The lowest BCUT2D eigenvalue weighted by Gasteiger charge is -2.27. The molecule has 0 saturated carbocycles. The summed E-state index contributed by atoms with van der Waals surface area (Å²) in [4.78, 5) is 11.6. The molecule has 0 aliphatic heterocycles. The third-order valence-electron chi connectivity index (χ3n) is 3.19. The molecule has 1 unspecified atom stereocenters. The van der Waals surface area contributed by atoms with Gasteiger partial charge in [-0.1, -0.05) is 34.1 Å². The second kappa shape index (κ2) is 6.26. The van der Waals surface area contributed by atoms with Crippen LogP contribution in [0.5, 0.6) is 0 Å². The summed E-state index contributed by atoms with van der Waals surface area (Å²) in [6, 6.07) is 13.2. The van der Waals surface area contributed by atoms with E-state index in [9.17, 15) is 14.3 Å². The Balaban J connectivity index is 2.23. The first kappa shape index (κ1) is 15.5. The number of nitrogens with one attached hydrogen (secondary N) is 1. The van der Waals surface area contributed by atoms with Gasteiger partial charge >= 0.3 is 5.97 Å². The standard InChI is InChI=1S/C16H15BrFNO2/c1-16(15(20)21,10-11-5-7-12(17)8-6-11)19-14-4-2-3-13(18)9-14/h2-9,19H,10H2,1H3,(H,20,21). The smallest absolute Gasteiger partial charge is 0.329 e. The van der Waals surface area contributed by atoms with Gasteiger partial charge in [-0.2, -0.15) is 0 Å². The van der Waals surface area contributed by atoms with E-state index in [0.717, 1.165) is 10.0 Å². The van der Waals surface area contributed by atoms with Crippen molar-refractivity contribution in [3.8, 4) is 0 Å². The minimum absolute atomic E-state index is 0.284. The maximum Gasteiger partial charge on any atom is 0.329 e. The van der Waals surface area contributed by atoms with E-state index in [1.807, 2.05) is 24.3 Å². The van der Waals surface area contributed by atoms with Gasteiger partial charge in [0.05, 0.1) is 0 Å². The number of hydrogen-bond donors (Lipinski definition) is 2. The lowest BCUT2D eigenvalue weighted by Crippen LogP contribution is -2.45. The fourth-order valence-electron chi connectivity index (χ4n) is 2.07. The van der Waals surface area contributed by atoms with E-state index in [-0.39, 0.29) is 6.42 Å². The Bertz CT molecular complexity index is 645. The topological polar surface area (TPSA) is 49.3 Å². The Labute approximate surface area is 130 Å². The number of hydrogen-bond acceptors (Lipinski definition) is 2. The van der Waals surface area contributed by atoms with E-state index in [1.54, 1.807) is 19.1 Å².